The zero-order chi connectivity index (χ0) is 24.4. The van der Waals surface area contributed by atoms with Crippen molar-refractivity contribution >= 4 is 63.6 Å². The summed E-state index contributed by atoms with van der Waals surface area (Å²) in [6.45, 7) is 4.74. The molecule has 2 aromatic rings. The first kappa shape index (κ1) is 23.9. The first-order chi connectivity index (χ1) is 16.3. The summed E-state index contributed by atoms with van der Waals surface area (Å²) in [7, 11) is 0. The molecule has 12 heteroatoms. The molecule has 178 valence electrons. The van der Waals surface area contributed by atoms with Gasteiger partial charge in [0.25, 0.3) is 11.5 Å². The number of likely N-dealkylation sites (N-methyl/N-ethyl adjacent to an activating group) is 1. The molecule has 2 aliphatic rings. The monoisotopic (exact) mass is 501 g/mol. The van der Waals surface area contributed by atoms with E-state index in [1.165, 1.54) is 15.4 Å². The number of hydrogen-bond donors (Lipinski definition) is 1. The zero-order valence-corrected chi connectivity index (χ0v) is 20.3. The molecule has 2 fully saturated rings. The fraction of sp³-hybridized carbons (Fsp3) is 0.364. The van der Waals surface area contributed by atoms with Crippen molar-refractivity contribution in [2.24, 2.45) is 0 Å². The Morgan fingerprint density at radius 2 is 2.12 bits per heavy atom. The Labute approximate surface area is 204 Å². The molecule has 0 aliphatic carbocycles. The number of amides is 2. The van der Waals surface area contributed by atoms with E-state index in [0.717, 1.165) is 11.8 Å². The SMILES string of the molecule is CCOC(=O)C[C@@H]1C(=O)NCCN1c1nc2ccccn2c(=O)c1/C=C1\SC(=S)N(CC)C1=O. The van der Waals surface area contributed by atoms with Crippen molar-refractivity contribution in [1.82, 2.24) is 19.6 Å². The van der Waals surface area contributed by atoms with Crippen molar-refractivity contribution < 1.29 is 19.1 Å². The van der Waals surface area contributed by atoms with Gasteiger partial charge in [-0.3, -0.25) is 28.5 Å². The Balaban J connectivity index is 1.88. The van der Waals surface area contributed by atoms with Crippen LogP contribution in [0.5, 0.6) is 0 Å². The number of thioether (sulfide) groups is 1. The predicted molar refractivity (Wildman–Crippen MR) is 132 cm³/mol. The number of esters is 1. The maximum atomic E-state index is 13.5. The Hall–Kier alpha value is -3.25. The molecule has 1 atom stereocenters. The summed E-state index contributed by atoms with van der Waals surface area (Å²) in [5.41, 5.74) is 0.119. The highest BCUT2D eigenvalue weighted by molar-refractivity contribution is 8.26. The van der Waals surface area contributed by atoms with Crippen LogP contribution in [0.4, 0.5) is 5.82 Å². The van der Waals surface area contributed by atoms with E-state index in [4.69, 9.17) is 17.0 Å². The van der Waals surface area contributed by atoms with Crippen LogP contribution in [0.1, 0.15) is 25.8 Å². The molecule has 0 saturated carbocycles. The fourth-order valence-electron chi connectivity index (χ4n) is 3.89. The van der Waals surface area contributed by atoms with Crippen molar-refractivity contribution in [3.63, 3.8) is 0 Å². The van der Waals surface area contributed by atoms with Crippen LogP contribution in [0.2, 0.25) is 0 Å². The van der Waals surface area contributed by atoms with E-state index in [1.54, 1.807) is 36.2 Å². The average molecular weight is 502 g/mol. The lowest BCUT2D eigenvalue weighted by atomic mass is 10.1. The highest BCUT2D eigenvalue weighted by atomic mass is 32.2. The summed E-state index contributed by atoms with van der Waals surface area (Å²) < 4.78 is 6.83. The summed E-state index contributed by atoms with van der Waals surface area (Å²) in [5.74, 6) is -0.961. The number of ether oxygens (including phenoxy) is 1. The number of thiocarbonyl (C=S) groups is 1. The lowest BCUT2D eigenvalue weighted by Gasteiger charge is -2.36. The summed E-state index contributed by atoms with van der Waals surface area (Å²) in [6.07, 6.45) is 2.86. The second-order valence-corrected chi connectivity index (χ2v) is 9.19. The van der Waals surface area contributed by atoms with Crippen molar-refractivity contribution in [3.8, 4) is 0 Å². The number of piperazine rings is 1. The van der Waals surface area contributed by atoms with Gasteiger partial charge in [-0.25, -0.2) is 4.98 Å². The van der Waals surface area contributed by atoms with E-state index < -0.39 is 17.6 Å². The van der Waals surface area contributed by atoms with Gasteiger partial charge in [0.1, 0.15) is 21.8 Å². The molecular formula is C22H23N5O5S2. The normalized spacial score (nSPS) is 19.8. The van der Waals surface area contributed by atoms with Crippen molar-refractivity contribution in [2.75, 3.05) is 31.1 Å². The predicted octanol–water partition coefficient (Wildman–Crippen LogP) is 1.17. The molecule has 0 spiro atoms. The third-order valence-corrected chi connectivity index (χ3v) is 6.86. The molecule has 0 aromatic carbocycles. The van der Waals surface area contributed by atoms with Gasteiger partial charge in [0, 0.05) is 25.8 Å². The molecule has 2 saturated heterocycles. The number of rotatable bonds is 6. The first-order valence-electron chi connectivity index (χ1n) is 10.8. The molecule has 0 bridgehead atoms. The molecule has 1 N–H and O–H groups in total. The molecule has 0 unspecified atom stereocenters. The molecule has 2 aromatic heterocycles. The molecule has 4 rings (SSSR count). The van der Waals surface area contributed by atoms with Gasteiger partial charge in [-0.15, -0.1) is 0 Å². The molecule has 2 aliphatic heterocycles. The number of pyridine rings is 1. The third-order valence-electron chi connectivity index (χ3n) is 5.48. The lowest BCUT2D eigenvalue weighted by molar-refractivity contribution is -0.145. The zero-order valence-electron chi connectivity index (χ0n) is 18.6. The van der Waals surface area contributed by atoms with E-state index >= 15 is 0 Å². The number of carbonyl (C=O) groups excluding carboxylic acids is 3. The minimum atomic E-state index is -0.914. The van der Waals surface area contributed by atoms with Crippen molar-refractivity contribution in [1.29, 1.82) is 0 Å². The molecular weight excluding hydrogens is 478 g/mol. The smallest absolute Gasteiger partial charge is 0.308 e. The maximum Gasteiger partial charge on any atom is 0.308 e. The highest BCUT2D eigenvalue weighted by Gasteiger charge is 2.36. The minimum Gasteiger partial charge on any atom is -0.466 e. The molecule has 34 heavy (non-hydrogen) atoms. The number of nitrogens with zero attached hydrogens (tertiary/aromatic N) is 4. The largest absolute Gasteiger partial charge is 0.466 e. The standard InChI is InChI=1S/C22H23N5O5S2/c1-3-25-21(31)15(34-22(25)33)11-13-18(24-16-7-5-6-9-27(16)20(13)30)26-10-8-23-19(29)14(26)12-17(28)32-4-2/h5-7,9,11,14H,3-4,8,10,12H2,1-2H3,(H,23,29)/b15-11-/t14-/m1/s1. The summed E-state index contributed by atoms with van der Waals surface area (Å²) >= 11 is 6.41. The van der Waals surface area contributed by atoms with Crippen LogP contribution in [0.15, 0.2) is 34.1 Å². The van der Waals surface area contributed by atoms with Crippen LogP contribution >= 0.6 is 24.0 Å². The topological polar surface area (TPSA) is 113 Å². The molecule has 0 radical (unpaired) electrons. The highest BCUT2D eigenvalue weighted by Crippen LogP contribution is 2.33. The molecule has 10 nitrogen and oxygen atoms in total. The van der Waals surface area contributed by atoms with Gasteiger partial charge < -0.3 is 15.0 Å². The first-order valence-corrected chi connectivity index (χ1v) is 12.0. The van der Waals surface area contributed by atoms with Crippen LogP contribution in [0.3, 0.4) is 0 Å². The van der Waals surface area contributed by atoms with Gasteiger partial charge in [-0.1, -0.05) is 30.0 Å². The number of aromatic nitrogens is 2. The van der Waals surface area contributed by atoms with E-state index in [0.29, 0.717) is 34.5 Å². The van der Waals surface area contributed by atoms with Crippen molar-refractivity contribution in [2.45, 2.75) is 26.3 Å². The quantitative estimate of drug-likeness (QED) is 0.354. The van der Waals surface area contributed by atoms with Crippen LogP contribution in [0, 0.1) is 0 Å². The van der Waals surface area contributed by atoms with E-state index in [9.17, 15) is 19.2 Å². The van der Waals surface area contributed by atoms with Gasteiger partial charge >= 0.3 is 5.97 Å². The average Bonchev–Trinajstić information content (AvgIpc) is 3.09. The summed E-state index contributed by atoms with van der Waals surface area (Å²) in [6, 6.07) is 4.21. The van der Waals surface area contributed by atoms with E-state index in [-0.39, 0.29) is 36.2 Å². The summed E-state index contributed by atoms with van der Waals surface area (Å²) in [4.78, 5) is 59.4. The number of anilines is 1. The van der Waals surface area contributed by atoms with Gasteiger partial charge in [0.05, 0.1) is 23.5 Å². The minimum absolute atomic E-state index is 0.142. The van der Waals surface area contributed by atoms with Crippen LogP contribution < -0.4 is 15.8 Å². The molecule has 2 amide bonds. The number of carbonyl (C=O) groups is 3. The Bertz CT molecular complexity index is 1270. The summed E-state index contributed by atoms with van der Waals surface area (Å²) in [5, 5.41) is 2.75. The molecule has 4 heterocycles. The Morgan fingerprint density at radius 1 is 1.32 bits per heavy atom. The third kappa shape index (κ3) is 4.42. The second-order valence-electron chi connectivity index (χ2n) is 7.52. The van der Waals surface area contributed by atoms with Crippen molar-refractivity contribution in [3.05, 3.63) is 45.2 Å². The van der Waals surface area contributed by atoms with E-state index in [2.05, 4.69) is 10.3 Å². The van der Waals surface area contributed by atoms with Gasteiger partial charge in [0.2, 0.25) is 5.91 Å². The fourth-order valence-corrected chi connectivity index (χ4v) is 5.25. The van der Waals surface area contributed by atoms with E-state index in [1.807, 2.05) is 6.92 Å². The van der Waals surface area contributed by atoms with Gasteiger partial charge in [-0.2, -0.15) is 0 Å². The number of hydrogen-bond acceptors (Lipinski definition) is 9. The number of nitrogens with one attached hydrogen (secondary N) is 1. The Morgan fingerprint density at radius 3 is 2.82 bits per heavy atom. The van der Waals surface area contributed by atoms with Crippen LogP contribution in [0.25, 0.3) is 11.7 Å². The lowest BCUT2D eigenvalue weighted by Crippen LogP contribution is -2.57. The number of fused-ring (bicyclic) bond motifs is 1. The maximum absolute atomic E-state index is 13.5. The second kappa shape index (κ2) is 9.94. The van der Waals surface area contributed by atoms with Gasteiger partial charge in [0.15, 0.2) is 0 Å². The van der Waals surface area contributed by atoms with Crippen LogP contribution in [-0.4, -0.2) is 68.7 Å². The van der Waals surface area contributed by atoms with Crippen LogP contribution in [-0.2, 0) is 19.1 Å². The van der Waals surface area contributed by atoms with Gasteiger partial charge in [-0.05, 0) is 32.1 Å². The Kier molecular flexibility index (Phi) is 6.98.